The Hall–Kier alpha value is -1.77. The van der Waals surface area contributed by atoms with Crippen LogP contribution in [0.25, 0.3) is 0 Å². The summed E-state index contributed by atoms with van der Waals surface area (Å²) in [5, 5.41) is 8.52. The summed E-state index contributed by atoms with van der Waals surface area (Å²) >= 11 is 0. The van der Waals surface area contributed by atoms with Gasteiger partial charge in [0.1, 0.15) is 18.7 Å². The molecule has 0 N–H and O–H groups in total. The molecule has 94 valence electrons. The molecule has 1 rings (SSSR count). The smallest absolute Gasteiger partial charge is 0.410 e. The first kappa shape index (κ1) is 13.3. The van der Waals surface area contributed by atoms with Gasteiger partial charge in [0, 0.05) is 13.1 Å². The predicted octanol–water partition coefficient (Wildman–Crippen LogP) is 0.589. The number of carbonyl (C=O) groups is 2. The minimum atomic E-state index is -0.566. The minimum absolute atomic E-state index is 0.0173. The minimum Gasteiger partial charge on any atom is -0.444 e. The highest BCUT2D eigenvalue weighted by Gasteiger charge is 2.29. The van der Waals surface area contributed by atoms with E-state index < -0.39 is 11.7 Å². The number of hydrogen-bond donors (Lipinski definition) is 0. The van der Waals surface area contributed by atoms with Crippen LogP contribution in [0, 0.1) is 11.3 Å². The van der Waals surface area contributed by atoms with Gasteiger partial charge in [-0.1, -0.05) is 0 Å². The number of rotatable bonds is 1. The van der Waals surface area contributed by atoms with Gasteiger partial charge in [-0.2, -0.15) is 5.26 Å². The Balaban J connectivity index is 2.53. The van der Waals surface area contributed by atoms with Gasteiger partial charge in [-0.15, -0.1) is 0 Å². The number of ether oxygens (including phenoxy) is 1. The maximum atomic E-state index is 11.7. The standard InChI is InChI=1S/C11H17N3O3/c1-11(2,3)17-10(16)14-7-6-13(5-4-12)9(15)8-14/h5-8H2,1-3H3. The van der Waals surface area contributed by atoms with Crippen molar-refractivity contribution in [1.29, 1.82) is 5.26 Å². The predicted molar refractivity (Wildman–Crippen MR) is 60.0 cm³/mol. The Bertz CT molecular complexity index is 354. The number of nitriles is 1. The molecule has 0 bridgehead atoms. The van der Waals surface area contributed by atoms with Gasteiger partial charge in [0.25, 0.3) is 0 Å². The largest absolute Gasteiger partial charge is 0.444 e. The van der Waals surface area contributed by atoms with E-state index in [4.69, 9.17) is 10.00 Å². The van der Waals surface area contributed by atoms with Gasteiger partial charge in [0.15, 0.2) is 0 Å². The monoisotopic (exact) mass is 239 g/mol. The molecule has 6 nitrogen and oxygen atoms in total. The zero-order chi connectivity index (χ0) is 13.1. The number of carbonyl (C=O) groups excluding carboxylic acids is 2. The van der Waals surface area contributed by atoms with Crippen LogP contribution in [0.2, 0.25) is 0 Å². The van der Waals surface area contributed by atoms with Crippen LogP contribution in [-0.2, 0) is 9.53 Å². The number of piperazine rings is 1. The Kier molecular flexibility index (Phi) is 3.94. The summed E-state index contributed by atoms with van der Waals surface area (Å²) in [7, 11) is 0. The van der Waals surface area contributed by atoms with Gasteiger partial charge in [0.05, 0.1) is 6.07 Å². The van der Waals surface area contributed by atoms with Crippen LogP contribution < -0.4 is 0 Å². The molecule has 17 heavy (non-hydrogen) atoms. The molecule has 0 aromatic heterocycles. The summed E-state index contributed by atoms with van der Waals surface area (Å²) in [5.74, 6) is -0.219. The lowest BCUT2D eigenvalue weighted by Gasteiger charge is -2.34. The van der Waals surface area contributed by atoms with Crippen molar-refractivity contribution in [2.75, 3.05) is 26.2 Å². The molecule has 0 saturated carbocycles. The SMILES string of the molecule is CC(C)(C)OC(=O)N1CCN(CC#N)C(=O)C1. The fourth-order valence-corrected chi connectivity index (χ4v) is 1.44. The van der Waals surface area contributed by atoms with Crippen molar-refractivity contribution in [3.05, 3.63) is 0 Å². The Morgan fingerprint density at radius 2 is 2.12 bits per heavy atom. The molecular formula is C11H17N3O3. The third-order valence-corrected chi connectivity index (χ3v) is 2.23. The number of hydrogen-bond acceptors (Lipinski definition) is 4. The molecule has 1 aliphatic heterocycles. The molecule has 0 spiro atoms. The lowest BCUT2D eigenvalue weighted by molar-refractivity contribution is -0.135. The first-order valence-electron chi connectivity index (χ1n) is 5.46. The molecule has 1 heterocycles. The Labute approximate surface area is 101 Å². The number of amides is 2. The van der Waals surface area contributed by atoms with Gasteiger partial charge < -0.3 is 9.64 Å². The van der Waals surface area contributed by atoms with Crippen molar-refractivity contribution >= 4 is 12.0 Å². The second kappa shape index (κ2) is 5.04. The zero-order valence-corrected chi connectivity index (χ0v) is 10.4. The fraction of sp³-hybridized carbons (Fsp3) is 0.727. The normalized spacial score (nSPS) is 16.7. The van der Waals surface area contributed by atoms with Crippen molar-refractivity contribution in [3.8, 4) is 6.07 Å². The van der Waals surface area contributed by atoms with Crippen LogP contribution in [0.5, 0.6) is 0 Å². The second-order valence-electron chi connectivity index (χ2n) is 4.88. The second-order valence-corrected chi connectivity index (χ2v) is 4.88. The van der Waals surface area contributed by atoms with Crippen LogP contribution >= 0.6 is 0 Å². The van der Waals surface area contributed by atoms with Crippen LogP contribution in [0.1, 0.15) is 20.8 Å². The highest BCUT2D eigenvalue weighted by molar-refractivity contribution is 5.83. The first-order valence-corrected chi connectivity index (χ1v) is 5.46. The first-order chi connectivity index (χ1) is 7.83. The van der Waals surface area contributed by atoms with E-state index in [1.807, 2.05) is 6.07 Å². The molecule has 0 aliphatic carbocycles. The molecule has 1 saturated heterocycles. The summed E-state index contributed by atoms with van der Waals surface area (Å²) in [6, 6.07) is 1.92. The van der Waals surface area contributed by atoms with E-state index in [1.54, 1.807) is 20.8 Å². The van der Waals surface area contributed by atoms with Gasteiger partial charge in [0.2, 0.25) is 5.91 Å². The van der Waals surface area contributed by atoms with E-state index in [-0.39, 0.29) is 19.0 Å². The van der Waals surface area contributed by atoms with Crippen LogP contribution in [0.3, 0.4) is 0 Å². The number of nitrogens with zero attached hydrogens (tertiary/aromatic N) is 3. The molecule has 1 fully saturated rings. The molecule has 2 amide bonds. The van der Waals surface area contributed by atoms with E-state index in [9.17, 15) is 9.59 Å². The van der Waals surface area contributed by atoms with E-state index >= 15 is 0 Å². The Morgan fingerprint density at radius 1 is 1.47 bits per heavy atom. The van der Waals surface area contributed by atoms with E-state index in [2.05, 4.69) is 0 Å². The van der Waals surface area contributed by atoms with Crippen molar-refractivity contribution in [3.63, 3.8) is 0 Å². The molecule has 0 aromatic carbocycles. The highest BCUT2D eigenvalue weighted by Crippen LogP contribution is 2.12. The summed E-state index contributed by atoms with van der Waals surface area (Å²) in [6.45, 7) is 6.17. The summed E-state index contributed by atoms with van der Waals surface area (Å²) < 4.78 is 5.17. The van der Waals surface area contributed by atoms with E-state index in [0.29, 0.717) is 13.1 Å². The van der Waals surface area contributed by atoms with Crippen molar-refractivity contribution in [2.24, 2.45) is 0 Å². The lowest BCUT2D eigenvalue weighted by Crippen LogP contribution is -2.53. The fourth-order valence-electron chi connectivity index (χ4n) is 1.44. The van der Waals surface area contributed by atoms with Gasteiger partial charge in [-0.05, 0) is 20.8 Å². The van der Waals surface area contributed by atoms with Crippen LogP contribution in [0.15, 0.2) is 0 Å². The maximum Gasteiger partial charge on any atom is 0.410 e. The third-order valence-electron chi connectivity index (χ3n) is 2.23. The highest BCUT2D eigenvalue weighted by atomic mass is 16.6. The Morgan fingerprint density at radius 3 is 2.59 bits per heavy atom. The van der Waals surface area contributed by atoms with Crippen molar-refractivity contribution < 1.29 is 14.3 Å². The van der Waals surface area contributed by atoms with Crippen LogP contribution in [0.4, 0.5) is 4.79 Å². The molecule has 0 aromatic rings. The molecule has 0 radical (unpaired) electrons. The molecule has 0 atom stereocenters. The van der Waals surface area contributed by atoms with Crippen LogP contribution in [-0.4, -0.2) is 53.6 Å². The van der Waals surface area contributed by atoms with Gasteiger partial charge in [-0.25, -0.2) is 4.79 Å². The van der Waals surface area contributed by atoms with Crippen molar-refractivity contribution in [2.45, 2.75) is 26.4 Å². The summed E-state index contributed by atoms with van der Waals surface area (Å²) in [5.41, 5.74) is -0.566. The van der Waals surface area contributed by atoms with Crippen molar-refractivity contribution in [1.82, 2.24) is 9.80 Å². The third kappa shape index (κ3) is 3.94. The van der Waals surface area contributed by atoms with E-state index in [0.717, 1.165) is 0 Å². The zero-order valence-electron chi connectivity index (χ0n) is 10.4. The molecule has 6 heteroatoms. The quantitative estimate of drug-likeness (QED) is 0.628. The van der Waals surface area contributed by atoms with E-state index in [1.165, 1.54) is 9.80 Å². The average Bonchev–Trinajstić information content (AvgIpc) is 2.18. The molecule has 0 unspecified atom stereocenters. The topological polar surface area (TPSA) is 73.6 Å². The molecular weight excluding hydrogens is 222 g/mol. The van der Waals surface area contributed by atoms with Gasteiger partial charge in [-0.3, -0.25) is 9.69 Å². The lowest BCUT2D eigenvalue weighted by atomic mass is 10.2. The van der Waals surface area contributed by atoms with Gasteiger partial charge >= 0.3 is 6.09 Å². The maximum absolute atomic E-state index is 11.7. The average molecular weight is 239 g/mol. The molecule has 1 aliphatic rings. The summed E-state index contributed by atoms with van der Waals surface area (Å²) in [4.78, 5) is 26.1. The summed E-state index contributed by atoms with van der Waals surface area (Å²) in [6.07, 6.45) is -0.484.